The van der Waals surface area contributed by atoms with Gasteiger partial charge in [0.1, 0.15) is 0 Å². The van der Waals surface area contributed by atoms with Crippen LogP contribution in [0.5, 0.6) is 0 Å². The molecule has 2 amide bonds. The number of rotatable bonds is 3. The number of benzene rings is 1. The maximum absolute atomic E-state index is 12.4. The van der Waals surface area contributed by atoms with E-state index in [4.69, 9.17) is 0 Å². The van der Waals surface area contributed by atoms with E-state index in [0.717, 1.165) is 18.8 Å². The van der Waals surface area contributed by atoms with Crippen LogP contribution in [0.2, 0.25) is 0 Å². The minimum atomic E-state index is -0.137. The van der Waals surface area contributed by atoms with E-state index < -0.39 is 0 Å². The normalized spacial score (nSPS) is 13.6. The highest BCUT2D eigenvalue weighted by Gasteiger charge is 2.25. The molecule has 0 radical (unpaired) electrons. The third-order valence-electron chi connectivity index (χ3n) is 3.42. The summed E-state index contributed by atoms with van der Waals surface area (Å²) in [5.74, 6) is 0.706. The Morgan fingerprint density at radius 3 is 3.05 bits per heavy atom. The van der Waals surface area contributed by atoms with Gasteiger partial charge in [0, 0.05) is 37.7 Å². The number of carbonyl (C=O) groups is 1. The third kappa shape index (κ3) is 2.90. The second-order valence-corrected chi connectivity index (χ2v) is 5.44. The maximum atomic E-state index is 12.4. The molecule has 1 aromatic carbocycles. The van der Waals surface area contributed by atoms with Gasteiger partial charge < -0.3 is 14.8 Å². The largest absolute Gasteiger partial charge is 0.328 e. The summed E-state index contributed by atoms with van der Waals surface area (Å²) in [6, 6.07) is 7.78. The molecule has 1 N–H and O–H groups in total. The second kappa shape index (κ2) is 5.57. The van der Waals surface area contributed by atoms with Crippen molar-refractivity contribution in [2.24, 2.45) is 0 Å². The second-order valence-electron chi connectivity index (χ2n) is 5.44. The molecule has 21 heavy (non-hydrogen) atoms. The van der Waals surface area contributed by atoms with Gasteiger partial charge in [0.2, 0.25) is 5.95 Å². The van der Waals surface area contributed by atoms with Crippen LogP contribution in [0.3, 0.4) is 0 Å². The average molecular weight is 285 g/mol. The summed E-state index contributed by atoms with van der Waals surface area (Å²) >= 11 is 0. The highest BCUT2D eigenvalue weighted by Crippen LogP contribution is 2.20. The van der Waals surface area contributed by atoms with Crippen LogP contribution in [-0.2, 0) is 13.1 Å². The minimum absolute atomic E-state index is 0.137. The zero-order valence-corrected chi connectivity index (χ0v) is 12.3. The molecule has 0 bridgehead atoms. The van der Waals surface area contributed by atoms with E-state index in [9.17, 15) is 4.79 Å². The number of nitrogens with zero attached hydrogens (tertiary/aromatic N) is 4. The van der Waals surface area contributed by atoms with Crippen LogP contribution in [0.4, 0.5) is 16.4 Å². The van der Waals surface area contributed by atoms with Gasteiger partial charge in [0.05, 0.1) is 0 Å². The monoisotopic (exact) mass is 285 g/mol. The van der Waals surface area contributed by atoms with Crippen LogP contribution in [0.1, 0.15) is 5.56 Å². The molecule has 3 rings (SSSR count). The Labute approximate surface area is 124 Å². The molecule has 0 atom stereocenters. The lowest BCUT2D eigenvalue weighted by Crippen LogP contribution is -2.33. The summed E-state index contributed by atoms with van der Waals surface area (Å²) in [4.78, 5) is 20.3. The molecule has 2 aromatic rings. The number of aromatic nitrogens is 2. The number of nitrogens with one attached hydrogen (secondary N) is 1. The van der Waals surface area contributed by atoms with Crippen molar-refractivity contribution in [1.29, 1.82) is 0 Å². The molecule has 0 saturated carbocycles. The fourth-order valence-corrected chi connectivity index (χ4v) is 2.52. The van der Waals surface area contributed by atoms with Crippen LogP contribution in [0, 0.1) is 0 Å². The molecule has 1 aliphatic heterocycles. The topological polar surface area (TPSA) is 53.4 Å². The molecular weight excluding hydrogens is 266 g/mol. The van der Waals surface area contributed by atoms with Crippen LogP contribution < -0.4 is 10.2 Å². The Morgan fingerprint density at radius 2 is 2.24 bits per heavy atom. The number of anilines is 2. The molecule has 0 unspecified atom stereocenters. The van der Waals surface area contributed by atoms with Gasteiger partial charge in [-0.05, 0) is 31.8 Å². The lowest BCUT2D eigenvalue weighted by Gasteiger charge is -2.16. The van der Waals surface area contributed by atoms with E-state index in [1.807, 2.05) is 43.1 Å². The van der Waals surface area contributed by atoms with E-state index in [0.29, 0.717) is 12.5 Å². The first-order valence-corrected chi connectivity index (χ1v) is 6.97. The number of hydrogen-bond donors (Lipinski definition) is 1. The Balaban J connectivity index is 1.71. The number of urea groups is 1. The lowest BCUT2D eigenvalue weighted by molar-refractivity contribution is 0.257. The molecule has 110 valence electrons. The van der Waals surface area contributed by atoms with E-state index in [1.165, 1.54) is 5.56 Å². The van der Waals surface area contributed by atoms with Crippen molar-refractivity contribution >= 4 is 17.7 Å². The molecule has 0 aliphatic carbocycles. The van der Waals surface area contributed by atoms with Crippen LogP contribution in [0.25, 0.3) is 0 Å². The zero-order chi connectivity index (χ0) is 14.8. The number of carbonyl (C=O) groups excluding carboxylic acids is 1. The van der Waals surface area contributed by atoms with Crippen molar-refractivity contribution < 1.29 is 4.79 Å². The quantitative estimate of drug-likeness (QED) is 0.938. The Hall–Kier alpha value is -2.34. The van der Waals surface area contributed by atoms with Gasteiger partial charge in [-0.15, -0.1) is 0 Å². The van der Waals surface area contributed by atoms with E-state index in [-0.39, 0.29) is 6.03 Å². The summed E-state index contributed by atoms with van der Waals surface area (Å²) in [6.07, 6.45) is 3.60. The highest BCUT2D eigenvalue weighted by atomic mass is 16.2. The van der Waals surface area contributed by atoms with Gasteiger partial charge in [-0.1, -0.05) is 12.1 Å². The molecule has 0 spiro atoms. The maximum Gasteiger partial charge on any atom is 0.328 e. The van der Waals surface area contributed by atoms with Crippen LogP contribution in [-0.4, -0.2) is 41.1 Å². The first kappa shape index (κ1) is 13.6. The minimum Gasteiger partial charge on any atom is -0.315 e. The van der Waals surface area contributed by atoms with Crippen molar-refractivity contribution in [1.82, 2.24) is 14.5 Å². The number of fused-ring (bicyclic) bond motifs is 1. The number of amides is 2. The summed E-state index contributed by atoms with van der Waals surface area (Å²) < 4.78 is 1.97. The van der Waals surface area contributed by atoms with Gasteiger partial charge in [0.15, 0.2) is 0 Å². The fraction of sp³-hybridized carbons (Fsp3) is 0.333. The smallest absolute Gasteiger partial charge is 0.315 e. The Kier molecular flexibility index (Phi) is 3.62. The molecule has 0 saturated heterocycles. The first-order chi connectivity index (χ1) is 10.1. The molecule has 0 fully saturated rings. The standard InChI is InChI=1S/C15H19N5O/c1-18(2)11-12-4-3-5-13(10-12)17-15(21)20-9-8-19-7-6-16-14(19)20/h3-7,10H,8-9,11H2,1-2H3,(H,17,21). The van der Waals surface area contributed by atoms with E-state index in [1.54, 1.807) is 11.1 Å². The zero-order valence-electron chi connectivity index (χ0n) is 12.3. The summed E-state index contributed by atoms with van der Waals surface area (Å²) in [5, 5.41) is 2.94. The Morgan fingerprint density at radius 1 is 1.38 bits per heavy atom. The number of imidazole rings is 1. The predicted molar refractivity (Wildman–Crippen MR) is 82.4 cm³/mol. The molecular formula is C15H19N5O. The van der Waals surface area contributed by atoms with Gasteiger partial charge in [-0.2, -0.15) is 0 Å². The van der Waals surface area contributed by atoms with Crippen molar-refractivity contribution in [3.05, 3.63) is 42.2 Å². The van der Waals surface area contributed by atoms with Crippen LogP contribution >= 0.6 is 0 Å². The predicted octanol–water partition coefficient (Wildman–Crippen LogP) is 2.00. The van der Waals surface area contributed by atoms with Gasteiger partial charge in [0.25, 0.3) is 0 Å². The first-order valence-electron chi connectivity index (χ1n) is 6.97. The van der Waals surface area contributed by atoms with Crippen molar-refractivity contribution in [3.8, 4) is 0 Å². The van der Waals surface area contributed by atoms with Crippen LogP contribution in [0.15, 0.2) is 36.7 Å². The summed E-state index contributed by atoms with van der Waals surface area (Å²) in [6.45, 7) is 2.30. The molecule has 6 nitrogen and oxygen atoms in total. The third-order valence-corrected chi connectivity index (χ3v) is 3.42. The summed E-state index contributed by atoms with van der Waals surface area (Å²) in [5.41, 5.74) is 1.98. The Bertz CT molecular complexity index is 649. The van der Waals surface area contributed by atoms with E-state index >= 15 is 0 Å². The molecule has 2 heterocycles. The summed E-state index contributed by atoms with van der Waals surface area (Å²) in [7, 11) is 4.05. The lowest BCUT2D eigenvalue weighted by atomic mass is 10.2. The number of hydrogen-bond acceptors (Lipinski definition) is 3. The highest BCUT2D eigenvalue weighted by molar-refractivity contribution is 6.01. The van der Waals surface area contributed by atoms with Gasteiger partial charge in [-0.3, -0.25) is 4.90 Å². The van der Waals surface area contributed by atoms with Gasteiger partial charge in [-0.25, -0.2) is 9.78 Å². The van der Waals surface area contributed by atoms with Crippen molar-refractivity contribution in [2.45, 2.75) is 13.1 Å². The average Bonchev–Trinajstić information content (AvgIpc) is 2.99. The fourth-order valence-electron chi connectivity index (χ4n) is 2.52. The molecule has 1 aliphatic rings. The van der Waals surface area contributed by atoms with Crippen molar-refractivity contribution in [2.75, 3.05) is 30.9 Å². The van der Waals surface area contributed by atoms with Gasteiger partial charge >= 0.3 is 6.03 Å². The van der Waals surface area contributed by atoms with Crippen molar-refractivity contribution in [3.63, 3.8) is 0 Å². The molecule has 1 aromatic heterocycles. The van der Waals surface area contributed by atoms with E-state index in [2.05, 4.69) is 21.3 Å². The SMILES string of the molecule is CN(C)Cc1cccc(NC(=O)N2CCn3ccnc32)c1. The molecule has 6 heteroatoms.